The zero-order valence-electron chi connectivity index (χ0n) is 11.6. The number of thioether (sulfide) groups is 1. The molecule has 0 aliphatic heterocycles. The standard InChI is InChI=1S/C16H18N2OS/c1-2-20-14-8-6-12(7-9-14)10-16(19)18-15-5-3-4-13(15)11-17/h6-9H,2-5,10H2,1H3,(H,18,19). The quantitative estimate of drug-likeness (QED) is 0.844. The summed E-state index contributed by atoms with van der Waals surface area (Å²) in [7, 11) is 0. The normalized spacial score (nSPS) is 14.2. The van der Waals surface area contributed by atoms with Gasteiger partial charge in [-0.1, -0.05) is 19.1 Å². The number of hydrogen-bond acceptors (Lipinski definition) is 3. The van der Waals surface area contributed by atoms with E-state index in [1.54, 1.807) is 11.8 Å². The number of nitriles is 1. The fraction of sp³-hybridized carbons (Fsp3) is 0.375. The van der Waals surface area contributed by atoms with Crippen molar-refractivity contribution in [3.63, 3.8) is 0 Å². The molecular weight excluding hydrogens is 268 g/mol. The molecule has 0 spiro atoms. The molecule has 104 valence electrons. The first-order chi connectivity index (χ1) is 9.72. The molecule has 0 saturated heterocycles. The van der Waals surface area contributed by atoms with Crippen molar-refractivity contribution >= 4 is 17.7 Å². The third-order valence-electron chi connectivity index (χ3n) is 3.24. The first-order valence-corrected chi connectivity index (χ1v) is 7.85. The minimum absolute atomic E-state index is 0.0365. The number of amides is 1. The van der Waals surface area contributed by atoms with Crippen LogP contribution in [0.25, 0.3) is 0 Å². The van der Waals surface area contributed by atoms with Gasteiger partial charge in [-0.25, -0.2) is 0 Å². The van der Waals surface area contributed by atoms with Crippen LogP contribution < -0.4 is 5.32 Å². The lowest BCUT2D eigenvalue weighted by Crippen LogP contribution is -2.24. The molecule has 0 aromatic heterocycles. The van der Waals surface area contributed by atoms with Gasteiger partial charge in [0, 0.05) is 16.2 Å². The van der Waals surface area contributed by atoms with Crippen molar-refractivity contribution in [3.8, 4) is 6.07 Å². The fourth-order valence-electron chi connectivity index (χ4n) is 2.27. The van der Waals surface area contributed by atoms with E-state index in [9.17, 15) is 4.79 Å². The third kappa shape index (κ3) is 3.88. The highest BCUT2D eigenvalue weighted by Crippen LogP contribution is 2.23. The van der Waals surface area contributed by atoms with Gasteiger partial charge < -0.3 is 5.32 Å². The summed E-state index contributed by atoms with van der Waals surface area (Å²) in [5, 5.41) is 11.8. The zero-order chi connectivity index (χ0) is 14.4. The van der Waals surface area contributed by atoms with Crippen LogP contribution >= 0.6 is 11.8 Å². The third-order valence-corrected chi connectivity index (χ3v) is 4.14. The van der Waals surface area contributed by atoms with Gasteiger partial charge in [0.1, 0.15) is 0 Å². The lowest BCUT2D eigenvalue weighted by molar-refractivity contribution is -0.119. The van der Waals surface area contributed by atoms with Gasteiger partial charge in [0.25, 0.3) is 0 Å². The topological polar surface area (TPSA) is 52.9 Å². The Morgan fingerprint density at radius 2 is 2.10 bits per heavy atom. The van der Waals surface area contributed by atoms with Crippen LogP contribution in [-0.4, -0.2) is 11.7 Å². The second-order valence-electron chi connectivity index (χ2n) is 4.72. The average molecular weight is 286 g/mol. The van der Waals surface area contributed by atoms with Crippen molar-refractivity contribution < 1.29 is 4.79 Å². The van der Waals surface area contributed by atoms with Gasteiger partial charge >= 0.3 is 0 Å². The summed E-state index contributed by atoms with van der Waals surface area (Å²) in [6, 6.07) is 10.2. The Labute approximate surface area is 124 Å². The highest BCUT2D eigenvalue weighted by atomic mass is 32.2. The molecule has 0 unspecified atom stereocenters. The van der Waals surface area contributed by atoms with E-state index in [4.69, 9.17) is 5.26 Å². The van der Waals surface area contributed by atoms with Crippen molar-refractivity contribution in [2.24, 2.45) is 0 Å². The van der Waals surface area contributed by atoms with Crippen LogP contribution in [0.15, 0.2) is 40.4 Å². The molecule has 20 heavy (non-hydrogen) atoms. The average Bonchev–Trinajstić information content (AvgIpc) is 2.88. The van der Waals surface area contributed by atoms with E-state index in [1.165, 1.54) is 4.90 Å². The van der Waals surface area contributed by atoms with E-state index < -0.39 is 0 Å². The Morgan fingerprint density at radius 3 is 2.75 bits per heavy atom. The predicted molar refractivity (Wildman–Crippen MR) is 81.2 cm³/mol. The van der Waals surface area contributed by atoms with Crippen molar-refractivity contribution in [1.29, 1.82) is 5.26 Å². The lowest BCUT2D eigenvalue weighted by atomic mass is 10.1. The molecule has 1 aliphatic rings. The van der Waals surface area contributed by atoms with Crippen LogP contribution in [0.1, 0.15) is 31.7 Å². The van der Waals surface area contributed by atoms with E-state index in [0.29, 0.717) is 6.42 Å². The van der Waals surface area contributed by atoms with Gasteiger partial charge in [-0.2, -0.15) is 5.26 Å². The molecule has 1 amide bonds. The molecule has 4 heteroatoms. The SMILES string of the molecule is CCSc1ccc(CC(=O)NC2=C(C#N)CCC2)cc1. The van der Waals surface area contributed by atoms with E-state index in [0.717, 1.165) is 41.8 Å². The van der Waals surface area contributed by atoms with Gasteiger partial charge in [0.15, 0.2) is 0 Å². The first kappa shape index (κ1) is 14.7. The van der Waals surface area contributed by atoms with Gasteiger partial charge in [-0.15, -0.1) is 11.8 Å². The van der Waals surface area contributed by atoms with Crippen LogP contribution in [0.5, 0.6) is 0 Å². The van der Waals surface area contributed by atoms with Gasteiger partial charge in [0.2, 0.25) is 5.91 Å². The molecule has 3 nitrogen and oxygen atoms in total. The maximum Gasteiger partial charge on any atom is 0.228 e. The Morgan fingerprint density at radius 1 is 1.35 bits per heavy atom. The molecule has 1 aromatic carbocycles. The molecule has 0 atom stereocenters. The number of benzene rings is 1. The number of carbonyl (C=O) groups is 1. The molecule has 1 aromatic rings. The van der Waals surface area contributed by atoms with Gasteiger partial charge in [-0.05, 0) is 42.7 Å². The Hall–Kier alpha value is -1.73. The largest absolute Gasteiger partial charge is 0.329 e. The zero-order valence-corrected chi connectivity index (χ0v) is 12.4. The summed E-state index contributed by atoms with van der Waals surface area (Å²) in [4.78, 5) is 13.2. The summed E-state index contributed by atoms with van der Waals surface area (Å²) in [6.07, 6.45) is 2.91. The molecule has 1 N–H and O–H groups in total. The van der Waals surface area contributed by atoms with Crippen molar-refractivity contribution in [3.05, 3.63) is 41.1 Å². The van der Waals surface area contributed by atoms with E-state index in [-0.39, 0.29) is 5.91 Å². The summed E-state index contributed by atoms with van der Waals surface area (Å²) in [5.41, 5.74) is 2.55. The number of allylic oxidation sites excluding steroid dienone is 2. The smallest absolute Gasteiger partial charge is 0.228 e. The van der Waals surface area contributed by atoms with Crippen molar-refractivity contribution in [2.75, 3.05) is 5.75 Å². The Bertz CT molecular complexity index is 555. The highest BCUT2D eigenvalue weighted by molar-refractivity contribution is 7.99. The summed E-state index contributed by atoms with van der Waals surface area (Å²) >= 11 is 1.79. The number of carbonyl (C=O) groups excluding carboxylic acids is 1. The summed E-state index contributed by atoms with van der Waals surface area (Å²) < 4.78 is 0. The summed E-state index contributed by atoms with van der Waals surface area (Å²) in [5.74, 6) is 1.01. The van der Waals surface area contributed by atoms with Gasteiger partial charge in [0.05, 0.1) is 12.5 Å². The van der Waals surface area contributed by atoms with Crippen LogP contribution in [0.2, 0.25) is 0 Å². The molecule has 0 saturated carbocycles. The lowest BCUT2D eigenvalue weighted by Gasteiger charge is -2.07. The Kier molecular flexibility index (Phi) is 5.25. The molecule has 0 radical (unpaired) electrons. The number of rotatable bonds is 5. The second kappa shape index (κ2) is 7.16. The summed E-state index contributed by atoms with van der Waals surface area (Å²) in [6.45, 7) is 2.12. The molecule has 0 heterocycles. The van der Waals surface area contributed by atoms with Crippen LogP contribution in [0.4, 0.5) is 0 Å². The Balaban J connectivity index is 1.93. The fourth-order valence-corrected chi connectivity index (χ4v) is 2.93. The van der Waals surface area contributed by atoms with E-state index in [2.05, 4.69) is 18.3 Å². The predicted octanol–water partition coefficient (Wildman–Crippen LogP) is 3.42. The van der Waals surface area contributed by atoms with E-state index in [1.807, 2.05) is 24.3 Å². The van der Waals surface area contributed by atoms with Crippen molar-refractivity contribution in [2.45, 2.75) is 37.5 Å². The number of nitrogens with zero attached hydrogens (tertiary/aromatic N) is 1. The maximum atomic E-state index is 12.0. The monoisotopic (exact) mass is 286 g/mol. The van der Waals surface area contributed by atoms with Crippen LogP contribution in [0.3, 0.4) is 0 Å². The molecule has 2 rings (SSSR count). The molecular formula is C16H18N2OS. The van der Waals surface area contributed by atoms with Crippen molar-refractivity contribution in [1.82, 2.24) is 5.32 Å². The first-order valence-electron chi connectivity index (χ1n) is 6.86. The number of hydrogen-bond donors (Lipinski definition) is 1. The molecule has 1 aliphatic carbocycles. The maximum absolute atomic E-state index is 12.0. The minimum atomic E-state index is -0.0365. The van der Waals surface area contributed by atoms with Gasteiger partial charge in [-0.3, -0.25) is 4.79 Å². The highest BCUT2D eigenvalue weighted by Gasteiger charge is 2.16. The van der Waals surface area contributed by atoms with E-state index >= 15 is 0 Å². The van der Waals surface area contributed by atoms with Crippen LogP contribution in [0, 0.1) is 11.3 Å². The number of nitrogens with one attached hydrogen (secondary N) is 1. The van der Waals surface area contributed by atoms with Crippen LogP contribution in [-0.2, 0) is 11.2 Å². The minimum Gasteiger partial charge on any atom is -0.329 e. The molecule has 0 bridgehead atoms. The second-order valence-corrected chi connectivity index (χ2v) is 6.06. The molecule has 0 fully saturated rings.